The fraction of sp³-hybridized carbons (Fsp3) is 0.250. The van der Waals surface area contributed by atoms with Crippen LogP contribution >= 0.6 is 11.3 Å². The molecule has 0 spiro atoms. The van der Waals surface area contributed by atoms with Gasteiger partial charge in [0.1, 0.15) is 19.3 Å². The Morgan fingerprint density at radius 1 is 1.06 bits per heavy atom. The molecule has 3 aromatic rings. The maximum absolute atomic E-state index is 13.3. The quantitative estimate of drug-likeness (QED) is 0.629. The normalized spacial score (nSPS) is 13.4. The van der Waals surface area contributed by atoms with Crippen molar-refractivity contribution < 1.29 is 19.1 Å². The van der Waals surface area contributed by atoms with E-state index < -0.39 is 6.04 Å². The molecule has 1 aliphatic rings. The van der Waals surface area contributed by atoms with Crippen molar-refractivity contribution in [2.75, 3.05) is 25.6 Å². The molecule has 1 aromatic heterocycles. The van der Waals surface area contributed by atoms with Gasteiger partial charge in [-0.2, -0.15) is 0 Å². The highest BCUT2D eigenvalue weighted by Crippen LogP contribution is 2.33. The van der Waals surface area contributed by atoms with Gasteiger partial charge in [-0.3, -0.25) is 9.59 Å². The minimum Gasteiger partial charge on any atom is -0.486 e. The lowest BCUT2D eigenvalue weighted by molar-refractivity contribution is -0.136. The van der Waals surface area contributed by atoms with Gasteiger partial charge < -0.3 is 19.7 Å². The van der Waals surface area contributed by atoms with E-state index in [9.17, 15) is 9.59 Å². The smallest absolute Gasteiger partial charge is 0.251 e. The van der Waals surface area contributed by atoms with E-state index in [0.717, 1.165) is 16.0 Å². The topological polar surface area (TPSA) is 67.9 Å². The number of hydrogen-bond acceptors (Lipinski definition) is 5. The van der Waals surface area contributed by atoms with Crippen LogP contribution in [0.1, 0.15) is 22.0 Å². The van der Waals surface area contributed by atoms with Crippen LogP contribution in [0.2, 0.25) is 0 Å². The first-order valence-corrected chi connectivity index (χ1v) is 10.9. The number of carbonyl (C=O) groups is 2. The van der Waals surface area contributed by atoms with Crippen LogP contribution in [0.25, 0.3) is 0 Å². The highest BCUT2D eigenvalue weighted by Gasteiger charge is 2.29. The molecule has 31 heavy (non-hydrogen) atoms. The van der Waals surface area contributed by atoms with E-state index in [2.05, 4.69) is 5.32 Å². The molecular formula is C24H24N2O4S. The average Bonchev–Trinajstić information content (AvgIpc) is 3.28. The Morgan fingerprint density at radius 2 is 1.81 bits per heavy atom. The highest BCUT2D eigenvalue weighted by atomic mass is 32.1. The molecule has 1 N–H and O–H groups in total. The summed E-state index contributed by atoms with van der Waals surface area (Å²) in [7, 11) is 1.67. The number of fused-ring (bicyclic) bond motifs is 1. The predicted octanol–water partition coefficient (Wildman–Crippen LogP) is 4.21. The van der Waals surface area contributed by atoms with Crippen molar-refractivity contribution in [2.45, 2.75) is 19.4 Å². The summed E-state index contributed by atoms with van der Waals surface area (Å²) in [6.07, 6.45) is 0.258. The van der Waals surface area contributed by atoms with Gasteiger partial charge in [-0.1, -0.05) is 35.9 Å². The number of ether oxygens (including phenoxy) is 2. The number of hydrogen-bond donors (Lipinski definition) is 1. The summed E-state index contributed by atoms with van der Waals surface area (Å²) in [5, 5.41) is 4.87. The molecule has 0 saturated carbocycles. The molecule has 2 amide bonds. The van der Waals surface area contributed by atoms with Crippen LogP contribution in [0.4, 0.5) is 5.69 Å². The van der Waals surface area contributed by atoms with Gasteiger partial charge in [-0.25, -0.2) is 0 Å². The second-order valence-corrected chi connectivity index (χ2v) is 8.45. The Hall–Kier alpha value is -3.32. The molecule has 0 fully saturated rings. The lowest BCUT2D eigenvalue weighted by Gasteiger charge is -2.28. The standard InChI is InChI=1S/C24H24N2O4S/c1-16-5-7-17(8-6-16)23(26(2)22(27)15-19-4-3-13-31-19)24(28)25-18-9-10-20-21(14-18)30-12-11-29-20/h3-10,13-14,23H,11-12,15H2,1-2H3,(H,25,28). The molecule has 2 heterocycles. The molecule has 1 atom stereocenters. The summed E-state index contributed by atoms with van der Waals surface area (Å²) < 4.78 is 11.2. The zero-order valence-electron chi connectivity index (χ0n) is 17.5. The number of carbonyl (C=O) groups excluding carboxylic acids is 2. The number of nitrogens with one attached hydrogen (secondary N) is 1. The molecule has 7 heteroatoms. The first-order chi connectivity index (χ1) is 15.0. The number of amides is 2. The van der Waals surface area contributed by atoms with E-state index in [0.29, 0.717) is 30.4 Å². The second-order valence-electron chi connectivity index (χ2n) is 7.42. The SMILES string of the molecule is Cc1ccc(C(C(=O)Nc2ccc3c(c2)OCCO3)N(C)C(=O)Cc2cccs2)cc1. The molecule has 0 aliphatic carbocycles. The monoisotopic (exact) mass is 436 g/mol. The molecule has 0 radical (unpaired) electrons. The molecule has 2 aromatic carbocycles. The van der Waals surface area contributed by atoms with Crippen LogP contribution in [0.15, 0.2) is 60.0 Å². The molecule has 1 unspecified atom stereocenters. The highest BCUT2D eigenvalue weighted by molar-refractivity contribution is 7.10. The molecule has 0 saturated heterocycles. The van der Waals surface area contributed by atoms with Crippen molar-refractivity contribution in [1.82, 2.24) is 4.90 Å². The Labute approximate surface area is 185 Å². The second kappa shape index (κ2) is 9.22. The number of anilines is 1. The third kappa shape index (κ3) is 4.88. The van der Waals surface area contributed by atoms with Gasteiger partial charge in [-0.05, 0) is 36.1 Å². The summed E-state index contributed by atoms with van der Waals surface area (Å²) in [6, 6.07) is 16.0. The lowest BCUT2D eigenvalue weighted by atomic mass is 10.0. The number of rotatable bonds is 6. The molecule has 1 aliphatic heterocycles. The maximum atomic E-state index is 13.3. The van der Waals surface area contributed by atoms with E-state index in [4.69, 9.17) is 9.47 Å². The van der Waals surface area contributed by atoms with Crippen molar-refractivity contribution in [2.24, 2.45) is 0 Å². The van der Waals surface area contributed by atoms with Crippen LogP contribution in [-0.4, -0.2) is 37.0 Å². The van der Waals surface area contributed by atoms with Crippen LogP contribution in [-0.2, 0) is 16.0 Å². The van der Waals surface area contributed by atoms with Crippen LogP contribution in [0.5, 0.6) is 11.5 Å². The van der Waals surface area contributed by atoms with Crippen molar-refractivity contribution in [1.29, 1.82) is 0 Å². The van der Waals surface area contributed by atoms with E-state index in [1.54, 1.807) is 25.2 Å². The Balaban J connectivity index is 1.58. The van der Waals surface area contributed by atoms with Gasteiger partial charge in [0.15, 0.2) is 11.5 Å². The summed E-state index contributed by atoms with van der Waals surface area (Å²) in [6.45, 7) is 2.96. The number of likely N-dealkylation sites (N-methyl/N-ethyl adjacent to an activating group) is 1. The summed E-state index contributed by atoms with van der Waals surface area (Å²) >= 11 is 1.53. The molecule has 0 bridgehead atoms. The van der Waals surface area contributed by atoms with Gasteiger partial charge in [0.05, 0.1) is 6.42 Å². The molecule has 160 valence electrons. The minimum atomic E-state index is -0.763. The van der Waals surface area contributed by atoms with E-state index >= 15 is 0 Å². The summed E-state index contributed by atoms with van der Waals surface area (Å²) in [5.74, 6) is 0.841. The number of nitrogens with zero attached hydrogens (tertiary/aromatic N) is 1. The van der Waals surface area contributed by atoms with Gasteiger partial charge >= 0.3 is 0 Å². The predicted molar refractivity (Wildman–Crippen MR) is 121 cm³/mol. The summed E-state index contributed by atoms with van der Waals surface area (Å²) in [4.78, 5) is 28.8. The first kappa shape index (κ1) is 20.9. The number of thiophene rings is 1. The number of aryl methyl sites for hydroxylation is 1. The Kier molecular flexibility index (Phi) is 6.23. The Bertz CT molecular complexity index is 1060. The molecular weight excluding hydrogens is 412 g/mol. The Morgan fingerprint density at radius 3 is 2.52 bits per heavy atom. The average molecular weight is 437 g/mol. The van der Waals surface area contributed by atoms with Gasteiger partial charge in [0, 0.05) is 23.7 Å². The van der Waals surface area contributed by atoms with Crippen molar-refractivity contribution in [3.63, 3.8) is 0 Å². The van der Waals surface area contributed by atoms with Gasteiger partial charge in [0.25, 0.3) is 5.91 Å². The fourth-order valence-corrected chi connectivity index (χ4v) is 4.16. The van der Waals surface area contributed by atoms with E-state index in [-0.39, 0.29) is 18.2 Å². The largest absolute Gasteiger partial charge is 0.486 e. The van der Waals surface area contributed by atoms with E-state index in [1.807, 2.05) is 48.7 Å². The lowest BCUT2D eigenvalue weighted by Crippen LogP contribution is -2.39. The van der Waals surface area contributed by atoms with Crippen LogP contribution < -0.4 is 14.8 Å². The zero-order valence-corrected chi connectivity index (χ0v) is 18.3. The third-order valence-electron chi connectivity index (χ3n) is 5.14. The van der Waals surface area contributed by atoms with Crippen molar-refractivity contribution in [3.8, 4) is 11.5 Å². The van der Waals surface area contributed by atoms with Gasteiger partial charge in [-0.15, -0.1) is 11.3 Å². The first-order valence-electron chi connectivity index (χ1n) is 10.1. The van der Waals surface area contributed by atoms with Crippen molar-refractivity contribution in [3.05, 3.63) is 76.0 Å². The van der Waals surface area contributed by atoms with E-state index in [1.165, 1.54) is 16.2 Å². The maximum Gasteiger partial charge on any atom is 0.251 e. The van der Waals surface area contributed by atoms with Crippen LogP contribution in [0, 0.1) is 6.92 Å². The van der Waals surface area contributed by atoms with Crippen LogP contribution in [0.3, 0.4) is 0 Å². The molecule has 4 rings (SSSR count). The summed E-state index contributed by atoms with van der Waals surface area (Å²) in [5.41, 5.74) is 2.43. The number of benzene rings is 2. The third-order valence-corrected chi connectivity index (χ3v) is 6.01. The zero-order chi connectivity index (χ0) is 21.8. The van der Waals surface area contributed by atoms with Gasteiger partial charge in [0.2, 0.25) is 5.91 Å². The fourth-order valence-electron chi connectivity index (χ4n) is 3.46. The van der Waals surface area contributed by atoms with Crippen molar-refractivity contribution >= 4 is 28.8 Å². The minimum absolute atomic E-state index is 0.120. The molecule has 6 nitrogen and oxygen atoms in total.